The summed E-state index contributed by atoms with van der Waals surface area (Å²) in [7, 11) is 0. The van der Waals surface area contributed by atoms with E-state index in [0.717, 1.165) is 84.6 Å². The Morgan fingerprint density at radius 2 is 0.800 bits per heavy atom. The molecule has 0 spiro atoms. The van der Waals surface area contributed by atoms with Gasteiger partial charge in [-0.2, -0.15) is 0 Å². The molecule has 2 amide bonds. The number of aliphatic hydroxyl groups is 1. The average molecular weight is 1330 g/mol. The van der Waals surface area contributed by atoms with Gasteiger partial charge >= 0.3 is 0 Å². The van der Waals surface area contributed by atoms with Gasteiger partial charge in [-0.25, -0.2) is 8.78 Å². The van der Waals surface area contributed by atoms with Gasteiger partial charge in [0.15, 0.2) is 11.5 Å². The molecule has 2 aliphatic rings. The Bertz CT molecular complexity index is 4470. The number of ether oxygens (including phenoxy) is 3. The smallest absolute Gasteiger partial charge is 0.258 e. The molecule has 0 saturated heterocycles. The lowest BCUT2D eigenvalue weighted by molar-refractivity contribution is 0.0754. The first-order valence-corrected chi connectivity index (χ1v) is 33.1. The van der Waals surface area contributed by atoms with Gasteiger partial charge in [0.05, 0.1) is 30.9 Å². The standard InChI is InChI=1S/C41H35FN2O3.C32H25FN2O3.C9H11Br/c1-2-28-15-17-30(18-16-28)26-46-27-36-34-14-9-23-43-38(34)40(47-39(31-10-5-3-6-11-31)32-12-7-4-8-13-32)37-35(36)25-44(41(37)45)24-29-19-21-33(42)22-20-29;33-24-15-13-21(14-16-24)18-35-19-26-27(20-36)25-12-7-17-34-29(25)31(28(26)32(35)37)38-30(22-8-3-1-4-9-22)23-10-5-2-6-11-23;1-2-8-3-5-9(7-10)6-4-8/h3-23,39H,2,24-27H2,1H3;1-17,30,36H,18-20H2;3-6H,2,7H2,1H3. The van der Waals surface area contributed by atoms with Crippen LogP contribution in [0.1, 0.15) is 125 Å². The van der Waals surface area contributed by atoms with Crippen LogP contribution < -0.4 is 9.47 Å². The molecule has 0 bridgehead atoms. The van der Waals surface area contributed by atoms with Crippen molar-refractivity contribution in [2.75, 3.05) is 0 Å². The van der Waals surface area contributed by atoms with E-state index < -0.39 is 12.2 Å². The first kappa shape index (κ1) is 64.9. The van der Waals surface area contributed by atoms with Crippen molar-refractivity contribution in [3.8, 4) is 11.5 Å². The number of halogens is 3. The van der Waals surface area contributed by atoms with Crippen LogP contribution in [0.3, 0.4) is 0 Å². The molecule has 1 N–H and O–H groups in total. The molecule has 14 rings (SSSR count). The number of rotatable bonds is 20. The molecule has 2 aromatic heterocycles. The maximum atomic E-state index is 14.4. The molecule has 95 heavy (non-hydrogen) atoms. The van der Waals surface area contributed by atoms with Crippen LogP contribution in [0.5, 0.6) is 11.5 Å². The summed E-state index contributed by atoms with van der Waals surface area (Å²) < 4.78 is 47.3. The Labute approximate surface area is 561 Å². The molecule has 0 unspecified atom stereocenters. The van der Waals surface area contributed by atoms with Gasteiger partial charge in [0, 0.05) is 54.7 Å². The largest absolute Gasteiger partial charge is 0.478 e. The van der Waals surface area contributed by atoms with Gasteiger partial charge in [-0.1, -0.05) is 236 Å². The summed E-state index contributed by atoms with van der Waals surface area (Å²) in [6.45, 7) is 6.15. The first-order valence-electron chi connectivity index (χ1n) is 31.9. The zero-order valence-electron chi connectivity index (χ0n) is 52.9. The van der Waals surface area contributed by atoms with Crippen LogP contribution in [0.2, 0.25) is 0 Å². The van der Waals surface area contributed by atoms with Gasteiger partial charge in [-0.15, -0.1) is 0 Å². The first-order chi connectivity index (χ1) is 46.6. The normalized spacial score (nSPS) is 12.4. The fourth-order valence-corrected chi connectivity index (χ4v) is 12.7. The number of carbonyl (C=O) groups excluding carboxylic acids is 2. The highest BCUT2D eigenvalue weighted by atomic mass is 79.9. The summed E-state index contributed by atoms with van der Waals surface area (Å²) in [6, 6.07) is 76.9. The average Bonchev–Trinajstić information content (AvgIpc) is 1.50. The third-order valence-electron chi connectivity index (χ3n) is 17.3. The molecule has 0 fully saturated rings. The van der Waals surface area contributed by atoms with E-state index in [4.69, 9.17) is 19.2 Å². The number of aliphatic hydroxyl groups excluding tert-OH is 1. The fourth-order valence-electron chi connectivity index (χ4n) is 12.3. The Hall–Kier alpha value is -10.2. The van der Waals surface area contributed by atoms with E-state index >= 15 is 0 Å². The van der Waals surface area contributed by atoms with Crippen molar-refractivity contribution in [2.45, 2.75) is 90.2 Å². The lowest BCUT2D eigenvalue weighted by atomic mass is 9.96. The Kier molecular flexibility index (Phi) is 21.0. The lowest BCUT2D eigenvalue weighted by Crippen LogP contribution is -2.23. The predicted molar refractivity (Wildman–Crippen MR) is 373 cm³/mol. The summed E-state index contributed by atoms with van der Waals surface area (Å²) in [5.74, 6) is -0.136. The number of aryl methyl sites for hydroxylation is 2. The number of nitrogens with zero attached hydrogens (tertiary/aromatic N) is 4. The Balaban J connectivity index is 0.000000161. The molecule has 2 aliphatic heterocycles. The molecule has 10 aromatic carbocycles. The molecular weight excluding hydrogens is 1250 g/mol. The van der Waals surface area contributed by atoms with Crippen LogP contribution in [-0.4, -0.2) is 36.7 Å². The number of carbonyl (C=O) groups is 2. The third kappa shape index (κ3) is 14.9. The highest BCUT2D eigenvalue weighted by Crippen LogP contribution is 2.46. The van der Waals surface area contributed by atoms with Gasteiger partial charge in [-0.05, 0) is 127 Å². The number of aromatic nitrogens is 2. The molecule has 0 aliphatic carbocycles. The summed E-state index contributed by atoms with van der Waals surface area (Å²) >= 11 is 3.40. The second-order valence-corrected chi connectivity index (χ2v) is 24.0. The van der Waals surface area contributed by atoms with E-state index in [-0.39, 0.29) is 30.1 Å². The fraction of sp³-hybridized carbons (Fsp3) is 0.171. The van der Waals surface area contributed by atoms with Crippen LogP contribution >= 0.6 is 15.9 Å². The number of hydrogen-bond donors (Lipinski definition) is 1. The summed E-state index contributed by atoms with van der Waals surface area (Å²) in [5, 5.41) is 13.0. The molecule has 0 saturated carbocycles. The summed E-state index contributed by atoms with van der Waals surface area (Å²) in [5.41, 5.74) is 15.8. The van der Waals surface area contributed by atoms with Crippen molar-refractivity contribution in [2.24, 2.45) is 0 Å². The highest BCUT2D eigenvalue weighted by molar-refractivity contribution is 9.08. The van der Waals surface area contributed by atoms with Crippen LogP contribution in [0.25, 0.3) is 21.8 Å². The van der Waals surface area contributed by atoms with Crippen LogP contribution in [-0.2, 0) is 68.9 Å². The van der Waals surface area contributed by atoms with Crippen molar-refractivity contribution < 1.29 is 37.7 Å². The van der Waals surface area contributed by atoms with Gasteiger partial charge in [0.2, 0.25) is 0 Å². The van der Waals surface area contributed by atoms with Crippen LogP contribution in [0.15, 0.2) is 255 Å². The highest BCUT2D eigenvalue weighted by Gasteiger charge is 2.39. The maximum absolute atomic E-state index is 14.4. The number of fused-ring (bicyclic) bond motifs is 4. The molecule has 12 aromatic rings. The molecule has 10 nitrogen and oxygen atoms in total. The van der Waals surface area contributed by atoms with E-state index in [2.05, 4.69) is 83.3 Å². The number of alkyl halides is 1. The quantitative estimate of drug-likeness (QED) is 0.0751. The predicted octanol–water partition coefficient (Wildman–Crippen LogP) is 18.3. The second-order valence-electron chi connectivity index (χ2n) is 23.5. The van der Waals surface area contributed by atoms with Crippen molar-refractivity contribution in [1.29, 1.82) is 0 Å². The Morgan fingerprint density at radius 3 is 1.18 bits per heavy atom. The minimum atomic E-state index is -0.481. The minimum Gasteiger partial charge on any atom is -0.478 e. The second kappa shape index (κ2) is 30.7. The van der Waals surface area contributed by atoms with E-state index in [1.165, 1.54) is 41.0 Å². The topological polar surface area (TPSA) is 114 Å². The molecular formula is C82H71BrF2N4O6. The monoisotopic (exact) mass is 1320 g/mol. The van der Waals surface area contributed by atoms with Crippen molar-refractivity contribution >= 4 is 49.6 Å². The van der Waals surface area contributed by atoms with Crippen molar-refractivity contribution in [3.05, 3.63) is 356 Å². The molecule has 476 valence electrons. The SMILES string of the molecule is CCc1ccc(CBr)cc1.CCc1ccc(COCc2c3c(c(OC(c4ccccc4)c4ccccc4)c4ncccc24)C(=O)N(Cc2ccc(F)cc2)C3)cc1.O=C1c2c(c(CO)c3cccnc3c2OC(c2ccccc2)c2ccccc2)CN1Cc1ccc(F)cc1. The van der Waals surface area contributed by atoms with E-state index in [1.54, 1.807) is 46.5 Å². The molecule has 0 radical (unpaired) electrons. The number of amides is 2. The lowest BCUT2D eigenvalue weighted by Gasteiger charge is -2.23. The number of benzene rings is 10. The zero-order valence-corrected chi connectivity index (χ0v) is 54.5. The van der Waals surface area contributed by atoms with Gasteiger partial charge < -0.3 is 29.1 Å². The van der Waals surface area contributed by atoms with Gasteiger partial charge in [-0.3, -0.25) is 19.6 Å². The number of hydrogen-bond acceptors (Lipinski definition) is 8. The van der Waals surface area contributed by atoms with E-state index in [1.807, 2.05) is 146 Å². The van der Waals surface area contributed by atoms with Gasteiger partial charge in [0.1, 0.15) is 34.9 Å². The van der Waals surface area contributed by atoms with E-state index in [0.29, 0.717) is 78.6 Å². The number of pyridine rings is 2. The van der Waals surface area contributed by atoms with Crippen LogP contribution in [0.4, 0.5) is 8.78 Å². The Morgan fingerprint density at radius 1 is 0.442 bits per heavy atom. The van der Waals surface area contributed by atoms with Crippen molar-refractivity contribution in [1.82, 2.24) is 19.8 Å². The van der Waals surface area contributed by atoms with Crippen molar-refractivity contribution in [3.63, 3.8) is 0 Å². The maximum Gasteiger partial charge on any atom is 0.258 e. The summed E-state index contributed by atoms with van der Waals surface area (Å²) in [6.07, 6.45) is 4.56. The molecule has 0 atom stereocenters. The third-order valence-corrected chi connectivity index (χ3v) is 18.0. The minimum absolute atomic E-state index is 0.150. The zero-order chi connectivity index (χ0) is 65.6. The van der Waals surface area contributed by atoms with E-state index in [9.17, 15) is 23.5 Å². The summed E-state index contributed by atoms with van der Waals surface area (Å²) in [4.78, 5) is 41.2. The van der Waals surface area contributed by atoms with Crippen LogP contribution in [0, 0.1) is 11.6 Å². The van der Waals surface area contributed by atoms with Gasteiger partial charge in [0.25, 0.3) is 11.8 Å². The molecule has 13 heteroatoms. The molecule has 4 heterocycles.